The highest BCUT2D eigenvalue weighted by molar-refractivity contribution is 5.88. The topological polar surface area (TPSA) is 67.2 Å². The quantitative estimate of drug-likeness (QED) is 0.875. The average Bonchev–Trinajstić information content (AvgIpc) is 2.69. The first kappa shape index (κ1) is 14.1. The maximum Gasteiger partial charge on any atom is 0.339 e. The molecule has 19 heavy (non-hydrogen) atoms. The van der Waals surface area contributed by atoms with Crippen LogP contribution in [0.4, 0.5) is 0 Å². The fraction of sp³-hybridized carbons (Fsp3) is 0.714. The van der Waals surface area contributed by atoms with Crippen LogP contribution < -0.4 is 5.32 Å². The summed E-state index contributed by atoms with van der Waals surface area (Å²) >= 11 is 0. The number of nitrogens with one attached hydrogen (secondary N) is 1. The molecule has 1 fully saturated rings. The predicted molar refractivity (Wildman–Crippen MR) is 73.0 cm³/mol. The van der Waals surface area contributed by atoms with E-state index in [1.54, 1.807) is 11.7 Å². The minimum atomic E-state index is -0.908. The van der Waals surface area contributed by atoms with Crippen LogP contribution in [0.25, 0.3) is 0 Å². The van der Waals surface area contributed by atoms with Crippen LogP contribution >= 0.6 is 0 Å². The first-order valence-corrected chi connectivity index (χ1v) is 6.86. The molecular weight excluding hydrogens is 242 g/mol. The summed E-state index contributed by atoms with van der Waals surface area (Å²) in [7, 11) is 1.79. The Morgan fingerprint density at radius 1 is 1.53 bits per heavy atom. The van der Waals surface area contributed by atoms with Crippen LogP contribution in [0.1, 0.15) is 55.6 Å². The number of aromatic nitrogens is 2. The van der Waals surface area contributed by atoms with Gasteiger partial charge in [-0.2, -0.15) is 5.10 Å². The molecule has 0 radical (unpaired) electrons. The molecule has 2 N–H and O–H groups in total. The van der Waals surface area contributed by atoms with Gasteiger partial charge in [0.2, 0.25) is 0 Å². The lowest BCUT2D eigenvalue weighted by atomic mass is 9.75. The van der Waals surface area contributed by atoms with E-state index in [1.807, 2.05) is 0 Å². The van der Waals surface area contributed by atoms with Crippen molar-refractivity contribution in [3.63, 3.8) is 0 Å². The van der Waals surface area contributed by atoms with Crippen molar-refractivity contribution in [2.45, 2.75) is 52.1 Å². The Bertz CT molecular complexity index is 455. The summed E-state index contributed by atoms with van der Waals surface area (Å²) in [4.78, 5) is 11.1. The van der Waals surface area contributed by atoms with Crippen molar-refractivity contribution in [2.24, 2.45) is 12.5 Å². The van der Waals surface area contributed by atoms with E-state index < -0.39 is 5.97 Å². The molecule has 0 atom stereocenters. The highest BCUT2D eigenvalue weighted by Gasteiger charge is 2.27. The molecule has 0 aliphatic heterocycles. The average molecular weight is 265 g/mol. The molecule has 1 aromatic heterocycles. The Morgan fingerprint density at radius 2 is 2.16 bits per heavy atom. The van der Waals surface area contributed by atoms with Crippen molar-refractivity contribution < 1.29 is 9.90 Å². The van der Waals surface area contributed by atoms with Gasteiger partial charge in [-0.25, -0.2) is 4.79 Å². The Labute approximate surface area is 114 Å². The summed E-state index contributed by atoms with van der Waals surface area (Å²) in [5, 5.41) is 16.6. The summed E-state index contributed by atoms with van der Waals surface area (Å²) in [5.74, 6) is -0.908. The van der Waals surface area contributed by atoms with Gasteiger partial charge in [0.15, 0.2) is 0 Å². The van der Waals surface area contributed by atoms with Gasteiger partial charge in [0, 0.05) is 19.6 Å². The number of nitrogens with zero attached hydrogens (tertiary/aromatic N) is 2. The van der Waals surface area contributed by atoms with E-state index in [9.17, 15) is 4.79 Å². The maximum atomic E-state index is 11.1. The van der Waals surface area contributed by atoms with Gasteiger partial charge >= 0.3 is 5.97 Å². The molecule has 1 saturated carbocycles. The molecule has 1 aromatic rings. The van der Waals surface area contributed by atoms with E-state index in [4.69, 9.17) is 5.11 Å². The molecule has 5 heteroatoms. The van der Waals surface area contributed by atoms with Gasteiger partial charge < -0.3 is 10.4 Å². The van der Waals surface area contributed by atoms with Crippen LogP contribution in [-0.4, -0.2) is 26.9 Å². The largest absolute Gasteiger partial charge is 0.478 e. The molecule has 106 valence electrons. The number of aryl methyl sites for hydroxylation is 1. The van der Waals surface area contributed by atoms with E-state index >= 15 is 0 Å². The SMILES string of the molecule is Cn1ncc(C(=O)O)c1CNC1CCC(C)(C)CC1. The van der Waals surface area contributed by atoms with Crippen molar-refractivity contribution in [1.82, 2.24) is 15.1 Å². The second kappa shape index (κ2) is 5.33. The number of carbonyl (C=O) groups is 1. The highest BCUT2D eigenvalue weighted by atomic mass is 16.4. The van der Waals surface area contributed by atoms with Gasteiger partial charge in [0.1, 0.15) is 5.56 Å². The number of hydrogen-bond acceptors (Lipinski definition) is 3. The molecule has 1 heterocycles. The summed E-state index contributed by atoms with van der Waals surface area (Å²) in [6.45, 7) is 5.20. The lowest BCUT2D eigenvalue weighted by Gasteiger charge is -2.34. The number of hydrogen-bond donors (Lipinski definition) is 2. The van der Waals surface area contributed by atoms with Gasteiger partial charge in [0.25, 0.3) is 0 Å². The number of carboxylic acid groups (broad SMARTS) is 1. The molecule has 2 rings (SSSR count). The smallest absolute Gasteiger partial charge is 0.339 e. The molecule has 1 aliphatic rings. The van der Waals surface area contributed by atoms with E-state index in [2.05, 4.69) is 24.3 Å². The van der Waals surface area contributed by atoms with Crippen molar-refractivity contribution in [2.75, 3.05) is 0 Å². The number of aromatic carboxylic acids is 1. The van der Waals surface area contributed by atoms with Crippen molar-refractivity contribution >= 4 is 5.97 Å². The molecule has 5 nitrogen and oxygen atoms in total. The highest BCUT2D eigenvalue weighted by Crippen LogP contribution is 2.35. The molecule has 0 amide bonds. The zero-order valence-corrected chi connectivity index (χ0v) is 11.9. The molecule has 0 aromatic carbocycles. The fourth-order valence-electron chi connectivity index (χ4n) is 2.70. The second-order valence-electron chi connectivity index (χ2n) is 6.25. The number of carboxylic acids is 1. The minimum Gasteiger partial charge on any atom is -0.478 e. The van der Waals surface area contributed by atoms with Gasteiger partial charge in [-0.3, -0.25) is 4.68 Å². The monoisotopic (exact) mass is 265 g/mol. The van der Waals surface area contributed by atoms with E-state index in [1.165, 1.54) is 19.0 Å². The first-order valence-electron chi connectivity index (χ1n) is 6.86. The van der Waals surface area contributed by atoms with Gasteiger partial charge in [-0.15, -0.1) is 0 Å². The van der Waals surface area contributed by atoms with Crippen molar-refractivity contribution in [3.8, 4) is 0 Å². The third kappa shape index (κ3) is 3.35. The normalized spacial score (nSPS) is 19.5. The summed E-state index contributed by atoms with van der Waals surface area (Å²) in [6.07, 6.45) is 6.19. The fourth-order valence-corrected chi connectivity index (χ4v) is 2.70. The van der Waals surface area contributed by atoms with E-state index in [0.29, 0.717) is 23.6 Å². The van der Waals surface area contributed by atoms with Crippen LogP contribution in [0.5, 0.6) is 0 Å². The summed E-state index contributed by atoms with van der Waals surface area (Å²) in [6, 6.07) is 0.490. The molecular formula is C14H23N3O2. The molecule has 0 saturated heterocycles. The first-order chi connectivity index (χ1) is 8.89. The standard InChI is InChI=1S/C14H23N3O2/c1-14(2)6-4-10(5-7-14)15-9-12-11(13(18)19)8-16-17(12)3/h8,10,15H,4-7,9H2,1-3H3,(H,18,19). The van der Waals surface area contributed by atoms with Gasteiger partial charge in [-0.05, 0) is 31.1 Å². The lowest BCUT2D eigenvalue weighted by Crippen LogP contribution is -2.35. The molecule has 0 unspecified atom stereocenters. The van der Waals surface area contributed by atoms with Crippen LogP contribution in [0.3, 0.4) is 0 Å². The maximum absolute atomic E-state index is 11.1. The van der Waals surface area contributed by atoms with Crippen LogP contribution in [0, 0.1) is 5.41 Å². The molecule has 1 aliphatic carbocycles. The van der Waals surface area contributed by atoms with Gasteiger partial charge in [0.05, 0.1) is 11.9 Å². The van der Waals surface area contributed by atoms with Gasteiger partial charge in [-0.1, -0.05) is 13.8 Å². The third-order valence-electron chi connectivity index (χ3n) is 4.19. The van der Waals surface area contributed by atoms with Crippen molar-refractivity contribution in [1.29, 1.82) is 0 Å². The van der Waals surface area contributed by atoms with Crippen LogP contribution in [0.2, 0.25) is 0 Å². The zero-order valence-electron chi connectivity index (χ0n) is 11.9. The summed E-state index contributed by atoms with van der Waals surface area (Å²) in [5.41, 5.74) is 1.50. The lowest BCUT2D eigenvalue weighted by molar-refractivity contribution is 0.0695. The third-order valence-corrected chi connectivity index (χ3v) is 4.19. The number of rotatable bonds is 4. The van der Waals surface area contributed by atoms with E-state index in [0.717, 1.165) is 18.5 Å². The Morgan fingerprint density at radius 3 is 2.74 bits per heavy atom. The van der Waals surface area contributed by atoms with E-state index in [-0.39, 0.29) is 0 Å². The van der Waals surface area contributed by atoms with Crippen LogP contribution in [-0.2, 0) is 13.6 Å². The Hall–Kier alpha value is -1.36. The molecule has 0 spiro atoms. The minimum absolute atomic E-state index is 0.297. The molecule has 0 bridgehead atoms. The summed E-state index contributed by atoms with van der Waals surface area (Å²) < 4.78 is 1.64. The Balaban J connectivity index is 1.93. The Kier molecular flexibility index (Phi) is 3.94. The van der Waals surface area contributed by atoms with Crippen molar-refractivity contribution in [3.05, 3.63) is 17.5 Å². The zero-order chi connectivity index (χ0) is 14.0. The van der Waals surface area contributed by atoms with Crippen LogP contribution in [0.15, 0.2) is 6.20 Å². The second-order valence-corrected chi connectivity index (χ2v) is 6.25. The predicted octanol–water partition coefficient (Wildman–Crippen LogP) is 2.18.